The standard InChI is InChI=1S/C10H17N3O3/c1-5(2)8(9(11)15)13-10(16)6-3-4-7(14)12-6/h5-6,8H,3-4H2,1-2H3,(H2,11,15)(H,12,14)(H,13,16)/t6-,8-/m0/s1. The monoisotopic (exact) mass is 227 g/mol. The largest absolute Gasteiger partial charge is 0.368 e. The molecule has 0 aromatic rings. The maximum atomic E-state index is 11.7. The van der Waals surface area contributed by atoms with Crippen molar-refractivity contribution in [2.75, 3.05) is 0 Å². The van der Waals surface area contributed by atoms with E-state index in [1.807, 2.05) is 0 Å². The van der Waals surface area contributed by atoms with Crippen LogP contribution in [-0.2, 0) is 14.4 Å². The summed E-state index contributed by atoms with van der Waals surface area (Å²) in [4.78, 5) is 33.7. The van der Waals surface area contributed by atoms with Crippen molar-refractivity contribution in [2.24, 2.45) is 11.7 Å². The zero-order valence-corrected chi connectivity index (χ0v) is 9.45. The number of carbonyl (C=O) groups is 3. The van der Waals surface area contributed by atoms with E-state index in [1.165, 1.54) is 0 Å². The molecule has 6 heteroatoms. The topological polar surface area (TPSA) is 101 Å². The molecule has 16 heavy (non-hydrogen) atoms. The highest BCUT2D eigenvalue weighted by atomic mass is 16.2. The van der Waals surface area contributed by atoms with Crippen LogP contribution in [0.2, 0.25) is 0 Å². The molecule has 0 aliphatic carbocycles. The van der Waals surface area contributed by atoms with Crippen LogP contribution in [0.1, 0.15) is 26.7 Å². The molecule has 1 aliphatic rings. The average Bonchev–Trinajstić information content (AvgIpc) is 2.59. The molecule has 0 aromatic carbocycles. The van der Waals surface area contributed by atoms with Crippen molar-refractivity contribution < 1.29 is 14.4 Å². The van der Waals surface area contributed by atoms with Gasteiger partial charge in [0.15, 0.2) is 0 Å². The molecule has 1 fully saturated rings. The Hall–Kier alpha value is -1.59. The molecule has 0 aromatic heterocycles. The first-order valence-electron chi connectivity index (χ1n) is 5.31. The molecule has 1 aliphatic heterocycles. The third-order valence-corrected chi connectivity index (χ3v) is 2.58. The number of hydrogen-bond acceptors (Lipinski definition) is 3. The van der Waals surface area contributed by atoms with Gasteiger partial charge in [-0.05, 0) is 12.3 Å². The van der Waals surface area contributed by atoms with E-state index in [1.54, 1.807) is 13.8 Å². The van der Waals surface area contributed by atoms with E-state index >= 15 is 0 Å². The predicted octanol–water partition coefficient (Wildman–Crippen LogP) is -1.11. The summed E-state index contributed by atoms with van der Waals surface area (Å²) in [5.41, 5.74) is 5.17. The Kier molecular flexibility index (Phi) is 3.87. The van der Waals surface area contributed by atoms with Crippen LogP contribution < -0.4 is 16.4 Å². The van der Waals surface area contributed by atoms with E-state index in [0.29, 0.717) is 12.8 Å². The molecule has 2 atom stereocenters. The van der Waals surface area contributed by atoms with Crippen LogP contribution in [0.25, 0.3) is 0 Å². The van der Waals surface area contributed by atoms with E-state index in [9.17, 15) is 14.4 Å². The van der Waals surface area contributed by atoms with E-state index in [-0.39, 0.29) is 17.7 Å². The third kappa shape index (κ3) is 2.95. The molecule has 0 spiro atoms. The minimum Gasteiger partial charge on any atom is -0.368 e. The molecule has 1 heterocycles. The molecule has 0 saturated carbocycles. The van der Waals surface area contributed by atoms with Gasteiger partial charge >= 0.3 is 0 Å². The van der Waals surface area contributed by atoms with Gasteiger partial charge in [0, 0.05) is 6.42 Å². The second-order valence-electron chi connectivity index (χ2n) is 4.29. The number of hydrogen-bond donors (Lipinski definition) is 3. The van der Waals surface area contributed by atoms with Crippen molar-refractivity contribution in [1.29, 1.82) is 0 Å². The molecule has 6 nitrogen and oxygen atoms in total. The smallest absolute Gasteiger partial charge is 0.243 e. The fraction of sp³-hybridized carbons (Fsp3) is 0.700. The first-order valence-corrected chi connectivity index (χ1v) is 5.31. The van der Waals surface area contributed by atoms with Crippen molar-refractivity contribution in [3.05, 3.63) is 0 Å². The lowest BCUT2D eigenvalue weighted by atomic mass is 10.0. The lowest BCUT2D eigenvalue weighted by Gasteiger charge is -2.20. The predicted molar refractivity (Wildman–Crippen MR) is 57.1 cm³/mol. The van der Waals surface area contributed by atoms with Crippen LogP contribution in [0.15, 0.2) is 0 Å². The second-order valence-corrected chi connectivity index (χ2v) is 4.29. The molecule has 1 saturated heterocycles. The zero-order chi connectivity index (χ0) is 12.3. The van der Waals surface area contributed by atoms with Crippen LogP contribution in [-0.4, -0.2) is 29.8 Å². The Bertz CT molecular complexity index is 314. The molecule has 0 bridgehead atoms. The van der Waals surface area contributed by atoms with Crippen LogP contribution >= 0.6 is 0 Å². The Labute approximate surface area is 93.9 Å². The molecule has 90 valence electrons. The molecule has 0 unspecified atom stereocenters. The summed E-state index contributed by atoms with van der Waals surface area (Å²) in [6, 6.07) is -1.22. The van der Waals surface area contributed by atoms with Gasteiger partial charge in [-0.15, -0.1) is 0 Å². The number of primary amides is 1. The summed E-state index contributed by atoms with van der Waals surface area (Å²) < 4.78 is 0. The fourth-order valence-corrected chi connectivity index (χ4v) is 1.63. The number of nitrogens with one attached hydrogen (secondary N) is 2. The lowest BCUT2D eigenvalue weighted by molar-refractivity contribution is -0.130. The SMILES string of the molecule is CC(C)[C@H](NC(=O)[C@@H]1CCC(=O)N1)C(N)=O. The quantitative estimate of drug-likeness (QED) is 0.567. The van der Waals surface area contributed by atoms with Crippen molar-refractivity contribution in [2.45, 2.75) is 38.8 Å². The van der Waals surface area contributed by atoms with Crippen molar-refractivity contribution in [3.8, 4) is 0 Å². The molecule has 4 N–H and O–H groups in total. The van der Waals surface area contributed by atoms with Crippen LogP contribution in [0.3, 0.4) is 0 Å². The molecule has 1 rings (SSSR count). The van der Waals surface area contributed by atoms with Crippen molar-refractivity contribution in [1.82, 2.24) is 10.6 Å². The average molecular weight is 227 g/mol. The first kappa shape index (κ1) is 12.5. The van der Waals surface area contributed by atoms with Gasteiger partial charge in [0.25, 0.3) is 0 Å². The molecular weight excluding hydrogens is 210 g/mol. The number of carbonyl (C=O) groups excluding carboxylic acids is 3. The summed E-state index contributed by atoms with van der Waals surface area (Å²) in [5.74, 6) is -1.12. The van der Waals surface area contributed by atoms with Crippen molar-refractivity contribution in [3.63, 3.8) is 0 Å². The first-order chi connectivity index (χ1) is 7.41. The van der Waals surface area contributed by atoms with E-state index in [0.717, 1.165) is 0 Å². The summed E-state index contributed by atoms with van der Waals surface area (Å²) in [5, 5.41) is 5.08. The minimum atomic E-state index is -0.690. The fourth-order valence-electron chi connectivity index (χ4n) is 1.63. The minimum absolute atomic E-state index is 0.0708. The van der Waals surface area contributed by atoms with E-state index in [4.69, 9.17) is 5.73 Å². The summed E-state index contributed by atoms with van der Waals surface area (Å²) >= 11 is 0. The van der Waals surface area contributed by atoms with Crippen LogP contribution in [0.4, 0.5) is 0 Å². The summed E-state index contributed by atoms with van der Waals surface area (Å²) in [7, 11) is 0. The van der Waals surface area contributed by atoms with Gasteiger partial charge in [0.05, 0.1) is 0 Å². The maximum Gasteiger partial charge on any atom is 0.243 e. The Morgan fingerprint density at radius 2 is 2.12 bits per heavy atom. The number of rotatable bonds is 4. The highest BCUT2D eigenvalue weighted by Gasteiger charge is 2.30. The summed E-state index contributed by atoms with van der Waals surface area (Å²) in [6.07, 6.45) is 0.815. The summed E-state index contributed by atoms with van der Waals surface area (Å²) in [6.45, 7) is 3.59. The van der Waals surface area contributed by atoms with Gasteiger partial charge in [0.2, 0.25) is 17.7 Å². The normalized spacial score (nSPS) is 21.7. The number of nitrogens with two attached hydrogens (primary N) is 1. The maximum absolute atomic E-state index is 11.7. The highest BCUT2D eigenvalue weighted by molar-refractivity contribution is 5.93. The van der Waals surface area contributed by atoms with Crippen molar-refractivity contribution >= 4 is 17.7 Å². The Morgan fingerprint density at radius 1 is 1.50 bits per heavy atom. The van der Waals surface area contributed by atoms with Gasteiger partial charge in [-0.3, -0.25) is 14.4 Å². The number of amides is 3. The van der Waals surface area contributed by atoms with Gasteiger partial charge < -0.3 is 16.4 Å². The molecule has 0 radical (unpaired) electrons. The molecule has 3 amide bonds. The van der Waals surface area contributed by atoms with E-state index in [2.05, 4.69) is 10.6 Å². The van der Waals surface area contributed by atoms with Crippen LogP contribution in [0, 0.1) is 5.92 Å². The van der Waals surface area contributed by atoms with E-state index < -0.39 is 18.0 Å². The van der Waals surface area contributed by atoms with Gasteiger partial charge in [0.1, 0.15) is 12.1 Å². The lowest BCUT2D eigenvalue weighted by Crippen LogP contribution is -2.52. The van der Waals surface area contributed by atoms with Gasteiger partial charge in [-0.1, -0.05) is 13.8 Å². The third-order valence-electron chi connectivity index (χ3n) is 2.58. The van der Waals surface area contributed by atoms with Gasteiger partial charge in [-0.2, -0.15) is 0 Å². The second kappa shape index (κ2) is 4.96. The Balaban J connectivity index is 2.55. The highest BCUT2D eigenvalue weighted by Crippen LogP contribution is 2.08. The van der Waals surface area contributed by atoms with Gasteiger partial charge in [-0.25, -0.2) is 0 Å². The zero-order valence-electron chi connectivity index (χ0n) is 9.45. The molecular formula is C10H17N3O3. The van der Waals surface area contributed by atoms with Crippen LogP contribution in [0.5, 0.6) is 0 Å². The Morgan fingerprint density at radius 3 is 2.50 bits per heavy atom.